The van der Waals surface area contributed by atoms with Crippen molar-refractivity contribution < 1.29 is 28.1 Å². The second kappa shape index (κ2) is 30.7. The van der Waals surface area contributed by atoms with Gasteiger partial charge >= 0.3 is 18.6 Å². The molecule has 0 bridgehead atoms. The van der Waals surface area contributed by atoms with Gasteiger partial charge in [0, 0.05) is 12.8 Å². The summed E-state index contributed by atoms with van der Waals surface area (Å²) in [6.07, 6.45) is 32.9. The average Bonchev–Trinajstić information content (AvgIpc) is 3.46. The van der Waals surface area contributed by atoms with Gasteiger partial charge in [-0.15, -0.1) is 12.8 Å². The fourth-order valence-corrected chi connectivity index (χ4v) is 2.49. The summed E-state index contributed by atoms with van der Waals surface area (Å²) in [4.78, 5) is 20.5. The van der Waals surface area contributed by atoms with E-state index in [1.165, 1.54) is 38.5 Å². The van der Waals surface area contributed by atoms with Gasteiger partial charge in [0.1, 0.15) is 0 Å². The van der Waals surface area contributed by atoms with Crippen LogP contribution in [-0.4, -0.2) is 11.8 Å². The maximum absolute atomic E-state index is 10.3. The van der Waals surface area contributed by atoms with Crippen molar-refractivity contribution >= 4 is 11.8 Å². The number of unbranched alkanes of at least 4 members (excludes halogenated alkanes) is 8. The summed E-state index contributed by atoms with van der Waals surface area (Å²) in [6, 6.07) is 0. The van der Waals surface area contributed by atoms with Gasteiger partial charge in [0.15, 0.2) is 0 Å². The van der Waals surface area contributed by atoms with Gasteiger partial charge in [-0.25, -0.2) is 24.3 Å². The molecule has 2 amide bonds. The summed E-state index contributed by atoms with van der Waals surface area (Å²) in [5.41, 5.74) is 9.94. The fraction of sp³-hybridized carbons (Fsp3) is 0.615. The van der Waals surface area contributed by atoms with Gasteiger partial charge in [-0.05, 0) is 12.8 Å². The zero-order valence-corrected chi connectivity index (χ0v) is 21.2. The molecule has 1 radical (unpaired) electrons. The molecule has 0 spiro atoms. The number of primary amides is 2. The number of carbonyl (C=O) groups is 2. The third kappa shape index (κ3) is 39.5. The average molecular weight is 468 g/mol. The number of nitrogens with two attached hydrogens (primary N) is 2. The SMILES string of the molecule is CCCCCCCC(N)=O.CCCCCCCC(N)=O.[C-]1=CC=CC1.[C-]1=CC=CC1.[V+2]. The molecule has 31 heavy (non-hydrogen) atoms. The van der Waals surface area contributed by atoms with Crippen LogP contribution in [0.5, 0.6) is 0 Å². The van der Waals surface area contributed by atoms with Crippen molar-refractivity contribution in [3.8, 4) is 0 Å². The molecule has 0 saturated carbocycles. The van der Waals surface area contributed by atoms with E-state index in [4.69, 9.17) is 11.5 Å². The minimum atomic E-state index is -0.170. The predicted molar refractivity (Wildman–Crippen MR) is 128 cm³/mol. The van der Waals surface area contributed by atoms with Crippen molar-refractivity contribution in [2.75, 3.05) is 0 Å². The normalized spacial score (nSPS) is 11.9. The van der Waals surface area contributed by atoms with Gasteiger partial charge in [0.2, 0.25) is 11.8 Å². The monoisotopic (exact) mass is 467 g/mol. The Morgan fingerprint density at radius 1 is 0.677 bits per heavy atom. The van der Waals surface area contributed by atoms with Crippen LogP contribution >= 0.6 is 0 Å². The molecule has 0 aliphatic heterocycles. The molecule has 0 aromatic heterocycles. The third-order valence-corrected chi connectivity index (χ3v) is 4.23. The summed E-state index contributed by atoms with van der Waals surface area (Å²) in [5, 5.41) is 0. The first-order valence-corrected chi connectivity index (χ1v) is 11.5. The summed E-state index contributed by atoms with van der Waals surface area (Å²) >= 11 is 0. The van der Waals surface area contributed by atoms with Crippen LogP contribution in [0.25, 0.3) is 0 Å². The van der Waals surface area contributed by atoms with Gasteiger partial charge in [-0.2, -0.15) is 12.2 Å². The summed E-state index contributed by atoms with van der Waals surface area (Å²) in [7, 11) is 0. The van der Waals surface area contributed by atoms with Gasteiger partial charge < -0.3 is 11.5 Å². The molecule has 2 rings (SSSR count). The first kappa shape index (κ1) is 34.1. The van der Waals surface area contributed by atoms with Crippen LogP contribution in [0.3, 0.4) is 0 Å². The molecule has 0 saturated heterocycles. The predicted octanol–water partition coefficient (Wildman–Crippen LogP) is 6.27. The van der Waals surface area contributed by atoms with E-state index >= 15 is 0 Å². The molecule has 0 aromatic carbocycles. The Labute approximate surface area is 203 Å². The van der Waals surface area contributed by atoms with Gasteiger partial charge in [0.05, 0.1) is 0 Å². The molecule has 4 nitrogen and oxygen atoms in total. The maximum atomic E-state index is 10.3. The Bertz CT molecular complexity index is 446. The quantitative estimate of drug-likeness (QED) is 0.262. The second-order valence-corrected chi connectivity index (χ2v) is 7.27. The Balaban J connectivity index is -0.000000348. The van der Waals surface area contributed by atoms with Gasteiger partial charge in [-0.1, -0.05) is 65.2 Å². The molecule has 0 atom stereocenters. The molecule has 2 aliphatic rings. The molecule has 0 fully saturated rings. The molecule has 0 unspecified atom stereocenters. The molecule has 175 valence electrons. The number of rotatable bonds is 12. The van der Waals surface area contributed by atoms with Crippen LogP contribution in [0.15, 0.2) is 36.5 Å². The van der Waals surface area contributed by atoms with Gasteiger partial charge in [0.25, 0.3) is 0 Å². The van der Waals surface area contributed by atoms with Crippen molar-refractivity contribution in [1.29, 1.82) is 0 Å². The van der Waals surface area contributed by atoms with E-state index < -0.39 is 0 Å². The van der Waals surface area contributed by atoms with Crippen LogP contribution in [0.2, 0.25) is 0 Å². The molecular weight excluding hydrogens is 423 g/mol. The van der Waals surface area contributed by atoms with Crippen molar-refractivity contribution in [3.05, 3.63) is 48.6 Å². The topological polar surface area (TPSA) is 86.2 Å². The summed E-state index contributed by atoms with van der Waals surface area (Å²) < 4.78 is 0. The number of allylic oxidation sites excluding steroid dienone is 8. The van der Waals surface area contributed by atoms with E-state index in [0.717, 1.165) is 38.5 Å². The van der Waals surface area contributed by atoms with Crippen molar-refractivity contribution in [2.45, 2.75) is 104 Å². The van der Waals surface area contributed by atoms with E-state index in [0.29, 0.717) is 12.8 Å². The fourth-order valence-electron chi connectivity index (χ4n) is 2.49. The van der Waals surface area contributed by atoms with Crippen LogP contribution < -0.4 is 11.5 Å². The van der Waals surface area contributed by atoms with E-state index in [-0.39, 0.29) is 30.4 Å². The summed E-state index contributed by atoms with van der Waals surface area (Å²) in [6.45, 7) is 4.35. The zero-order valence-electron chi connectivity index (χ0n) is 19.8. The third-order valence-electron chi connectivity index (χ3n) is 4.23. The second-order valence-electron chi connectivity index (χ2n) is 7.27. The van der Waals surface area contributed by atoms with E-state index in [1.807, 2.05) is 24.3 Å². The van der Waals surface area contributed by atoms with Crippen LogP contribution in [0.1, 0.15) is 104 Å². The van der Waals surface area contributed by atoms with Crippen molar-refractivity contribution in [3.63, 3.8) is 0 Å². The molecular formula is C26H44N2O2V. The first-order valence-electron chi connectivity index (χ1n) is 11.5. The van der Waals surface area contributed by atoms with Gasteiger partial charge in [-0.3, -0.25) is 21.7 Å². The molecule has 2 aliphatic carbocycles. The van der Waals surface area contributed by atoms with E-state index in [1.54, 1.807) is 0 Å². The Hall–Kier alpha value is -1.52. The standard InChI is InChI=1S/2C8H17NO.2C5H5.V/c2*1-2-3-4-5-6-7-8(9)10;2*1-2-4-5-3-1;/h2*2-7H2,1H3,(H2,9,10);2*1-3H,4H2;/q;;2*-1;+2. The van der Waals surface area contributed by atoms with Crippen LogP contribution in [-0.2, 0) is 28.1 Å². The number of hydrogen-bond donors (Lipinski definition) is 2. The molecule has 4 N–H and O–H groups in total. The Morgan fingerprint density at radius 3 is 1.23 bits per heavy atom. The van der Waals surface area contributed by atoms with Crippen LogP contribution in [0.4, 0.5) is 0 Å². The maximum Gasteiger partial charge on any atom is 2.00 e. The smallest absolute Gasteiger partial charge is 0.370 e. The molecule has 0 aromatic rings. The van der Waals surface area contributed by atoms with E-state index in [2.05, 4.69) is 38.2 Å². The minimum Gasteiger partial charge on any atom is -0.370 e. The first-order chi connectivity index (χ1) is 14.5. The Kier molecular flexibility index (Phi) is 33.7. The number of hydrogen-bond acceptors (Lipinski definition) is 2. The zero-order chi connectivity index (χ0) is 22.7. The Morgan fingerprint density at radius 2 is 1.03 bits per heavy atom. The molecule has 0 heterocycles. The van der Waals surface area contributed by atoms with Crippen molar-refractivity contribution in [2.24, 2.45) is 11.5 Å². The minimum absolute atomic E-state index is 0. The summed E-state index contributed by atoms with van der Waals surface area (Å²) in [5.74, 6) is -0.340. The van der Waals surface area contributed by atoms with Crippen LogP contribution in [0, 0.1) is 12.2 Å². The number of amides is 2. The van der Waals surface area contributed by atoms with E-state index in [9.17, 15) is 9.59 Å². The van der Waals surface area contributed by atoms with Crippen molar-refractivity contribution in [1.82, 2.24) is 0 Å². The number of carbonyl (C=O) groups excluding carboxylic acids is 2. The molecule has 5 heteroatoms. The largest absolute Gasteiger partial charge is 2.00 e.